The Kier molecular flexibility index (Phi) is 3.64. The highest BCUT2D eigenvalue weighted by Crippen LogP contribution is 2.28. The first-order valence-electron chi connectivity index (χ1n) is 5.92. The number of benzene rings is 1. The predicted molar refractivity (Wildman–Crippen MR) is 67.5 cm³/mol. The molecule has 1 N–H and O–H groups in total. The molecule has 1 amide bonds. The lowest BCUT2D eigenvalue weighted by Gasteiger charge is -2.18. The van der Waals surface area contributed by atoms with E-state index in [0.29, 0.717) is 0 Å². The van der Waals surface area contributed by atoms with Crippen molar-refractivity contribution in [3.05, 3.63) is 34.1 Å². The number of amides is 1. The van der Waals surface area contributed by atoms with Crippen LogP contribution in [0.3, 0.4) is 0 Å². The van der Waals surface area contributed by atoms with Crippen molar-refractivity contribution in [2.24, 2.45) is 0 Å². The fourth-order valence-corrected chi connectivity index (χ4v) is 1.76. The SMILES string of the molecule is CN(CC(=O)NC1CC1)c1cc(F)ccc1[N+](=O)[O-]. The van der Waals surface area contributed by atoms with Crippen LogP contribution in [0.2, 0.25) is 0 Å². The minimum Gasteiger partial charge on any atom is -0.360 e. The largest absolute Gasteiger partial charge is 0.360 e. The Morgan fingerprint density at radius 2 is 2.26 bits per heavy atom. The molecule has 0 spiro atoms. The molecule has 19 heavy (non-hydrogen) atoms. The summed E-state index contributed by atoms with van der Waals surface area (Å²) >= 11 is 0. The quantitative estimate of drug-likeness (QED) is 0.647. The van der Waals surface area contributed by atoms with Crippen molar-refractivity contribution in [1.82, 2.24) is 5.32 Å². The minimum absolute atomic E-state index is 0.0409. The van der Waals surface area contributed by atoms with E-state index >= 15 is 0 Å². The van der Waals surface area contributed by atoms with Gasteiger partial charge in [-0.1, -0.05) is 0 Å². The van der Waals surface area contributed by atoms with Crippen LogP contribution in [-0.4, -0.2) is 30.5 Å². The van der Waals surface area contributed by atoms with Gasteiger partial charge in [0.05, 0.1) is 11.5 Å². The molecule has 1 aromatic carbocycles. The molecule has 0 unspecified atom stereocenters. The van der Waals surface area contributed by atoms with Gasteiger partial charge in [-0.05, 0) is 18.9 Å². The van der Waals surface area contributed by atoms with E-state index < -0.39 is 10.7 Å². The van der Waals surface area contributed by atoms with Crippen LogP contribution in [0.1, 0.15) is 12.8 Å². The fraction of sp³-hybridized carbons (Fsp3) is 0.417. The molecule has 2 rings (SSSR count). The summed E-state index contributed by atoms with van der Waals surface area (Å²) in [6.45, 7) is -0.0409. The summed E-state index contributed by atoms with van der Waals surface area (Å²) in [6, 6.07) is 3.41. The van der Waals surface area contributed by atoms with E-state index in [4.69, 9.17) is 0 Å². The predicted octanol–water partition coefficient (Wildman–Crippen LogP) is 1.45. The highest BCUT2D eigenvalue weighted by Gasteiger charge is 2.25. The third-order valence-electron chi connectivity index (χ3n) is 2.87. The zero-order valence-electron chi connectivity index (χ0n) is 10.4. The average molecular weight is 267 g/mol. The van der Waals surface area contributed by atoms with Gasteiger partial charge in [0, 0.05) is 25.2 Å². The first-order chi connectivity index (χ1) is 8.97. The Morgan fingerprint density at radius 1 is 1.58 bits per heavy atom. The third kappa shape index (κ3) is 3.40. The lowest BCUT2D eigenvalue weighted by Crippen LogP contribution is -2.36. The Morgan fingerprint density at radius 3 is 2.84 bits per heavy atom. The number of carbonyl (C=O) groups is 1. The van der Waals surface area contributed by atoms with Gasteiger partial charge in [0.1, 0.15) is 11.5 Å². The topological polar surface area (TPSA) is 75.5 Å². The molecular formula is C12H14FN3O3. The maximum Gasteiger partial charge on any atom is 0.292 e. The fourth-order valence-electron chi connectivity index (χ4n) is 1.76. The van der Waals surface area contributed by atoms with E-state index in [1.165, 1.54) is 11.9 Å². The summed E-state index contributed by atoms with van der Waals surface area (Å²) in [5, 5.41) is 13.6. The van der Waals surface area contributed by atoms with Gasteiger partial charge in [0.2, 0.25) is 5.91 Å². The Balaban J connectivity index is 2.12. The van der Waals surface area contributed by atoms with E-state index in [1.54, 1.807) is 0 Å². The van der Waals surface area contributed by atoms with Crippen molar-refractivity contribution in [2.45, 2.75) is 18.9 Å². The van der Waals surface area contributed by atoms with Crippen LogP contribution in [-0.2, 0) is 4.79 Å². The molecule has 1 saturated carbocycles. The number of nitrogens with zero attached hydrogens (tertiary/aromatic N) is 2. The highest BCUT2D eigenvalue weighted by molar-refractivity contribution is 5.82. The molecule has 0 atom stereocenters. The number of rotatable bonds is 5. The summed E-state index contributed by atoms with van der Waals surface area (Å²) in [7, 11) is 1.52. The molecule has 1 aliphatic carbocycles. The van der Waals surface area contributed by atoms with Crippen LogP contribution in [0, 0.1) is 15.9 Å². The average Bonchev–Trinajstić information content (AvgIpc) is 3.12. The van der Waals surface area contributed by atoms with Crippen molar-refractivity contribution in [1.29, 1.82) is 0 Å². The number of nitro groups is 1. The third-order valence-corrected chi connectivity index (χ3v) is 2.87. The number of nitro benzene ring substituents is 1. The number of hydrogen-bond acceptors (Lipinski definition) is 4. The van der Waals surface area contributed by atoms with Gasteiger partial charge in [-0.15, -0.1) is 0 Å². The van der Waals surface area contributed by atoms with E-state index in [2.05, 4.69) is 5.32 Å². The first kappa shape index (κ1) is 13.3. The van der Waals surface area contributed by atoms with Gasteiger partial charge in [0.25, 0.3) is 5.69 Å². The smallest absolute Gasteiger partial charge is 0.292 e. The number of hydrogen-bond donors (Lipinski definition) is 1. The normalized spacial score (nSPS) is 14.0. The van der Waals surface area contributed by atoms with Crippen molar-refractivity contribution < 1.29 is 14.1 Å². The number of nitrogens with one attached hydrogen (secondary N) is 1. The summed E-state index contributed by atoms with van der Waals surface area (Å²) < 4.78 is 13.2. The standard InChI is InChI=1S/C12H14FN3O3/c1-15(7-12(17)14-9-3-4-9)11-6-8(13)2-5-10(11)16(18)19/h2,5-6,9H,3-4,7H2,1H3,(H,14,17). The van der Waals surface area contributed by atoms with Gasteiger partial charge in [-0.25, -0.2) is 4.39 Å². The maximum absolute atomic E-state index is 13.2. The van der Waals surface area contributed by atoms with Crippen molar-refractivity contribution in [3.8, 4) is 0 Å². The molecule has 6 nitrogen and oxygen atoms in total. The van der Waals surface area contributed by atoms with Crippen LogP contribution >= 0.6 is 0 Å². The molecular weight excluding hydrogens is 253 g/mol. The Labute approximate surface area is 109 Å². The second kappa shape index (κ2) is 5.21. The molecule has 0 radical (unpaired) electrons. The van der Waals surface area contributed by atoms with Crippen LogP contribution < -0.4 is 10.2 Å². The molecule has 1 aliphatic rings. The zero-order valence-corrected chi connectivity index (χ0v) is 10.4. The van der Waals surface area contributed by atoms with E-state index in [1.807, 2.05) is 0 Å². The monoisotopic (exact) mass is 267 g/mol. The summed E-state index contributed by atoms with van der Waals surface area (Å²) in [6.07, 6.45) is 1.94. The highest BCUT2D eigenvalue weighted by atomic mass is 19.1. The van der Waals surface area contributed by atoms with Gasteiger partial charge in [0.15, 0.2) is 0 Å². The number of carbonyl (C=O) groups excluding carboxylic acids is 1. The minimum atomic E-state index is -0.593. The zero-order chi connectivity index (χ0) is 14.0. The number of likely N-dealkylation sites (N-methyl/N-ethyl adjacent to an activating group) is 1. The molecule has 0 aliphatic heterocycles. The second-order valence-corrected chi connectivity index (χ2v) is 4.59. The van der Waals surface area contributed by atoms with Crippen molar-refractivity contribution in [3.63, 3.8) is 0 Å². The molecule has 0 saturated heterocycles. The van der Waals surface area contributed by atoms with Crippen LogP contribution in [0.25, 0.3) is 0 Å². The Bertz CT molecular complexity index is 517. The van der Waals surface area contributed by atoms with Gasteiger partial charge in [-0.2, -0.15) is 0 Å². The van der Waals surface area contributed by atoms with Gasteiger partial charge >= 0.3 is 0 Å². The van der Waals surface area contributed by atoms with Crippen molar-refractivity contribution >= 4 is 17.3 Å². The summed E-state index contributed by atoms with van der Waals surface area (Å²) in [5.74, 6) is -0.793. The van der Waals surface area contributed by atoms with E-state index in [9.17, 15) is 19.3 Å². The Hall–Kier alpha value is -2.18. The molecule has 1 aromatic rings. The van der Waals surface area contributed by atoms with Crippen LogP contribution in [0.4, 0.5) is 15.8 Å². The van der Waals surface area contributed by atoms with Gasteiger partial charge < -0.3 is 10.2 Å². The molecule has 1 fully saturated rings. The van der Waals surface area contributed by atoms with Crippen LogP contribution in [0.5, 0.6) is 0 Å². The number of anilines is 1. The lowest BCUT2D eigenvalue weighted by molar-refractivity contribution is -0.384. The van der Waals surface area contributed by atoms with E-state index in [-0.39, 0.29) is 29.9 Å². The number of halogens is 1. The lowest BCUT2D eigenvalue weighted by atomic mass is 10.2. The van der Waals surface area contributed by atoms with Gasteiger partial charge in [-0.3, -0.25) is 14.9 Å². The first-order valence-corrected chi connectivity index (χ1v) is 5.92. The molecule has 7 heteroatoms. The summed E-state index contributed by atoms with van der Waals surface area (Å²) in [5.41, 5.74) is -0.126. The molecule has 0 bridgehead atoms. The summed E-state index contributed by atoms with van der Waals surface area (Å²) in [4.78, 5) is 23.3. The second-order valence-electron chi connectivity index (χ2n) is 4.59. The maximum atomic E-state index is 13.2. The molecule has 102 valence electrons. The van der Waals surface area contributed by atoms with Crippen LogP contribution in [0.15, 0.2) is 18.2 Å². The van der Waals surface area contributed by atoms with Crippen molar-refractivity contribution in [2.75, 3.05) is 18.5 Å². The molecule has 0 aromatic heterocycles. The van der Waals surface area contributed by atoms with E-state index in [0.717, 1.165) is 31.0 Å². The molecule has 0 heterocycles.